The van der Waals surface area contributed by atoms with Gasteiger partial charge in [0.05, 0.1) is 12.2 Å². The molecule has 98 valence electrons. The fraction of sp³-hybridized carbons (Fsp3) is 0.538. The Morgan fingerprint density at radius 1 is 1.44 bits per heavy atom. The molecular formula is C13H19N3O2. The lowest BCUT2D eigenvalue weighted by Gasteiger charge is -2.33. The van der Waals surface area contributed by atoms with Gasteiger partial charge in [-0.3, -0.25) is 9.69 Å². The monoisotopic (exact) mass is 249 g/mol. The number of carbonyl (C=O) groups excluding carboxylic acids is 1. The third kappa shape index (κ3) is 3.20. The van der Waals surface area contributed by atoms with Crippen LogP contribution in [0.5, 0.6) is 0 Å². The van der Waals surface area contributed by atoms with Gasteiger partial charge in [0.15, 0.2) is 5.76 Å². The van der Waals surface area contributed by atoms with E-state index in [9.17, 15) is 4.79 Å². The second-order valence-corrected chi connectivity index (χ2v) is 4.54. The summed E-state index contributed by atoms with van der Waals surface area (Å²) < 4.78 is 5.20. The second kappa shape index (κ2) is 5.82. The lowest BCUT2D eigenvalue weighted by molar-refractivity contribution is -0.127. The van der Waals surface area contributed by atoms with Crippen LogP contribution >= 0.6 is 0 Å². The van der Waals surface area contributed by atoms with Gasteiger partial charge in [-0.25, -0.2) is 0 Å². The molecule has 1 aliphatic rings. The molecular weight excluding hydrogens is 230 g/mol. The van der Waals surface area contributed by atoms with E-state index in [0.29, 0.717) is 0 Å². The van der Waals surface area contributed by atoms with Crippen LogP contribution in [-0.4, -0.2) is 47.0 Å². The Hall–Kier alpha value is -1.62. The molecule has 1 aromatic heterocycles. The third-order valence-electron chi connectivity index (χ3n) is 3.05. The van der Waals surface area contributed by atoms with Crippen molar-refractivity contribution in [2.75, 3.05) is 26.2 Å². The minimum absolute atomic E-state index is 0.104. The highest BCUT2D eigenvalue weighted by molar-refractivity contribution is 5.87. The van der Waals surface area contributed by atoms with E-state index in [4.69, 9.17) is 4.52 Å². The van der Waals surface area contributed by atoms with Gasteiger partial charge in [-0.1, -0.05) is 11.2 Å². The van der Waals surface area contributed by atoms with Crippen molar-refractivity contribution < 1.29 is 9.32 Å². The molecule has 2 rings (SSSR count). The Morgan fingerprint density at radius 2 is 2.17 bits per heavy atom. The van der Waals surface area contributed by atoms with Gasteiger partial charge in [0.2, 0.25) is 5.91 Å². The predicted molar refractivity (Wildman–Crippen MR) is 67.9 cm³/mol. The smallest absolute Gasteiger partial charge is 0.246 e. The zero-order valence-corrected chi connectivity index (χ0v) is 10.9. The van der Waals surface area contributed by atoms with E-state index in [0.717, 1.165) is 44.2 Å². The number of nitrogens with zero attached hydrogens (tertiary/aromatic N) is 3. The summed E-state index contributed by atoms with van der Waals surface area (Å²) in [6.45, 7) is 7.85. The van der Waals surface area contributed by atoms with Gasteiger partial charge < -0.3 is 9.42 Å². The summed E-state index contributed by atoms with van der Waals surface area (Å²) in [5.74, 6) is 0.994. The van der Waals surface area contributed by atoms with Crippen molar-refractivity contribution >= 4 is 5.91 Å². The van der Waals surface area contributed by atoms with E-state index in [2.05, 4.69) is 10.1 Å². The first-order valence-corrected chi connectivity index (χ1v) is 6.25. The molecule has 0 bridgehead atoms. The van der Waals surface area contributed by atoms with Crippen molar-refractivity contribution in [2.24, 2.45) is 0 Å². The van der Waals surface area contributed by atoms with Crippen molar-refractivity contribution in [3.8, 4) is 0 Å². The van der Waals surface area contributed by atoms with Gasteiger partial charge in [0.25, 0.3) is 0 Å². The van der Waals surface area contributed by atoms with Crippen LogP contribution in [0.1, 0.15) is 18.4 Å². The molecule has 18 heavy (non-hydrogen) atoms. The summed E-state index contributed by atoms with van der Waals surface area (Å²) in [7, 11) is 0. The minimum Gasteiger partial charge on any atom is -0.360 e. The zero-order valence-electron chi connectivity index (χ0n) is 10.9. The molecule has 1 fully saturated rings. The van der Waals surface area contributed by atoms with Crippen molar-refractivity contribution in [2.45, 2.75) is 20.4 Å². The Labute approximate surface area is 107 Å². The maximum Gasteiger partial charge on any atom is 0.246 e. The quantitative estimate of drug-likeness (QED) is 0.755. The first-order chi connectivity index (χ1) is 8.69. The molecule has 0 N–H and O–H groups in total. The molecule has 0 unspecified atom stereocenters. The van der Waals surface area contributed by atoms with E-state index < -0.39 is 0 Å². The number of rotatable bonds is 3. The fourth-order valence-corrected chi connectivity index (χ4v) is 2.09. The largest absolute Gasteiger partial charge is 0.360 e. The number of carbonyl (C=O) groups is 1. The topological polar surface area (TPSA) is 49.6 Å². The molecule has 0 radical (unpaired) electrons. The van der Waals surface area contributed by atoms with Gasteiger partial charge in [0.1, 0.15) is 0 Å². The average Bonchev–Trinajstić information content (AvgIpc) is 2.76. The number of aryl methyl sites for hydroxylation is 1. The Bertz CT molecular complexity index is 431. The van der Waals surface area contributed by atoms with Crippen LogP contribution in [0, 0.1) is 6.92 Å². The number of hydrogen-bond donors (Lipinski definition) is 0. The van der Waals surface area contributed by atoms with Crippen LogP contribution in [0.2, 0.25) is 0 Å². The second-order valence-electron chi connectivity index (χ2n) is 4.54. The van der Waals surface area contributed by atoms with Gasteiger partial charge >= 0.3 is 0 Å². The number of amides is 1. The van der Waals surface area contributed by atoms with Crippen LogP contribution in [0.15, 0.2) is 22.7 Å². The van der Waals surface area contributed by atoms with E-state index in [1.165, 1.54) is 0 Å². The third-order valence-corrected chi connectivity index (χ3v) is 3.05. The van der Waals surface area contributed by atoms with Gasteiger partial charge in [-0.15, -0.1) is 0 Å². The molecule has 2 heterocycles. The van der Waals surface area contributed by atoms with E-state index in [-0.39, 0.29) is 5.91 Å². The SMILES string of the molecule is CC=CC(=O)N1CCN(Cc2cc(C)no2)CC1. The normalized spacial score (nSPS) is 17.6. The molecule has 1 amide bonds. The Morgan fingerprint density at radius 3 is 2.72 bits per heavy atom. The van der Waals surface area contributed by atoms with Crippen LogP contribution in [0.25, 0.3) is 0 Å². The first-order valence-electron chi connectivity index (χ1n) is 6.25. The predicted octanol–water partition coefficient (Wildman–Crippen LogP) is 1.20. The van der Waals surface area contributed by atoms with E-state index in [1.807, 2.05) is 24.8 Å². The maximum atomic E-state index is 11.7. The Balaban J connectivity index is 1.81. The van der Waals surface area contributed by atoms with Crippen molar-refractivity contribution in [1.29, 1.82) is 0 Å². The van der Waals surface area contributed by atoms with Crippen LogP contribution in [0.4, 0.5) is 0 Å². The lowest BCUT2D eigenvalue weighted by Crippen LogP contribution is -2.47. The summed E-state index contributed by atoms with van der Waals surface area (Å²) in [4.78, 5) is 15.8. The summed E-state index contributed by atoms with van der Waals surface area (Å²) in [5, 5.41) is 3.87. The standard InChI is InChI=1S/C13H19N3O2/c1-3-4-13(17)16-7-5-15(6-8-16)10-12-9-11(2)14-18-12/h3-4,9H,5-8,10H2,1-2H3. The number of hydrogen-bond acceptors (Lipinski definition) is 4. The molecule has 0 atom stereocenters. The summed E-state index contributed by atoms with van der Waals surface area (Å²) in [6, 6.07) is 1.96. The van der Waals surface area contributed by atoms with E-state index >= 15 is 0 Å². The molecule has 5 nitrogen and oxygen atoms in total. The molecule has 0 aromatic carbocycles. The minimum atomic E-state index is 0.104. The highest BCUT2D eigenvalue weighted by atomic mass is 16.5. The van der Waals surface area contributed by atoms with Crippen molar-refractivity contribution in [3.05, 3.63) is 29.7 Å². The highest BCUT2D eigenvalue weighted by Gasteiger charge is 2.20. The molecule has 1 aromatic rings. The molecule has 1 aliphatic heterocycles. The van der Waals surface area contributed by atoms with Gasteiger partial charge in [-0.05, 0) is 19.9 Å². The van der Waals surface area contributed by atoms with Crippen molar-refractivity contribution in [3.63, 3.8) is 0 Å². The number of piperazine rings is 1. The number of aromatic nitrogens is 1. The van der Waals surface area contributed by atoms with Crippen LogP contribution in [-0.2, 0) is 11.3 Å². The molecule has 1 saturated heterocycles. The Kier molecular flexibility index (Phi) is 4.15. The average molecular weight is 249 g/mol. The summed E-state index contributed by atoms with van der Waals surface area (Å²) >= 11 is 0. The molecule has 0 spiro atoms. The highest BCUT2D eigenvalue weighted by Crippen LogP contribution is 2.09. The fourth-order valence-electron chi connectivity index (χ4n) is 2.09. The molecule has 5 heteroatoms. The zero-order chi connectivity index (χ0) is 13.0. The maximum absolute atomic E-state index is 11.7. The van der Waals surface area contributed by atoms with Crippen molar-refractivity contribution in [1.82, 2.24) is 15.0 Å². The molecule has 0 aliphatic carbocycles. The first kappa shape index (κ1) is 12.8. The number of allylic oxidation sites excluding steroid dienone is 1. The van der Waals surface area contributed by atoms with Crippen LogP contribution < -0.4 is 0 Å². The van der Waals surface area contributed by atoms with Crippen LogP contribution in [0.3, 0.4) is 0 Å². The van der Waals surface area contributed by atoms with Gasteiger partial charge in [0, 0.05) is 32.2 Å². The van der Waals surface area contributed by atoms with E-state index in [1.54, 1.807) is 12.2 Å². The summed E-state index contributed by atoms with van der Waals surface area (Å²) in [5.41, 5.74) is 0.909. The summed E-state index contributed by atoms with van der Waals surface area (Å²) in [6.07, 6.45) is 3.40. The van der Waals surface area contributed by atoms with Gasteiger partial charge in [-0.2, -0.15) is 0 Å². The lowest BCUT2D eigenvalue weighted by atomic mass is 10.2. The molecule has 0 saturated carbocycles.